The van der Waals surface area contributed by atoms with Crippen LogP contribution in [-0.4, -0.2) is 11.5 Å². The van der Waals surface area contributed by atoms with Gasteiger partial charge in [0.2, 0.25) is 0 Å². The molecule has 0 saturated heterocycles. The summed E-state index contributed by atoms with van der Waals surface area (Å²) in [5.41, 5.74) is 17.2. The van der Waals surface area contributed by atoms with Crippen LogP contribution < -0.4 is 0 Å². The van der Waals surface area contributed by atoms with Gasteiger partial charge in [-0.25, -0.2) is 9.98 Å². The van der Waals surface area contributed by atoms with Crippen LogP contribution in [0.25, 0.3) is 61.0 Å². The van der Waals surface area contributed by atoms with Crippen LogP contribution in [-0.2, 0) is 5.41 Å². The molecule has 0 fully saturated rings. The molecule has 0 bridgehead atoms. The number of aliphatic imine (C=N–C) groups is 2. The Morgan fingerprint density at radius 3 is 1.52 bits per heavy atom. The Morgan fingerprint density at radius 1 is 0.411 bits per heavy atom. The molecule has 268 valence electrons. The maximum atomic E-state index is 5.02. The summed E-state index contributed by atoms with van der Waals surface area (Å²) in [5, 5.41) is 2.42. The van der Waals surface area contributed by atoms with Gasteiger partial charge in [-0.15, -0.1) is 0 Å². The van der Waals surface area contributed by atoms with Crippen LogP contribution in [0.2, 0.25) is 0 Å². The summed E-state index contributed by atoms with van der Waals surface area (Å²) < 4.78 is 0. The number of hydrogen-bond acceptors (Lipinski definition) is 1. The fourth-order valence-corrected chi connectivity index (χ4v) is 8.04. The molecule has 0 heterocycles. The van der Waals surface area contributed by atoms with Gasteiger partial charge in [-0.3, -0.25) is 0 Å². The Bertz CT molecular complexity index is 2810. The highest BCUT2D eigenvalue weighted by molar-refractivity contribution is 6.12. The van der Waals surface area contributed by atoms with Crippen LogP contribution in [0, 0.1) is 0 Å². The highest BCUT2D eigenvalue weighted by Crippen LogP contribution is 2.49. The van der Waals surface area contributed by atoms with Crippen LogP contribution in [0.1, 0.15) is 48.6 Å². The topological polar surface area (TPSA) is 24.7 Å². The van der Waals surface area contributed by atoms with Gasteiger partial charge in [-0.05, 0) is 103 Å². The first-order valence-electron chi connectivity index (χ1n) is 19.3. The quantitative estimate of drug-likeness (QED) is 0.116. The normalized spacial score (nSPS) is 13.3. The average Bonchev–Trinajstić information content (AvgIpc) is 3.49. The van der Waals surface area contributed by atoms with Crippen LogP contribution in [0.4, 0.5) is 0 Å². The van der Waals surface area contributed by atoms with Gasteiger partial charge in [0.15, 0.2) is 5.84 Å². The summed E-state index contributed by atoms with van der Waals surface area (Å²) in [6.07, 6.45) is 0. The van der Waals surface area contributed by atoms with Gasteiger partial charge in [0.05, 0.1) is 5.70 Å². The molecular formula is C54H42N2. The van der Waals surface area contributed by atoms with E-state index in [9.17, 15) is 0 Å². The van der Waals surface area contributed by atoms with Gasteiger partial charge in [0.25, 0.3) is 0 Å². The molecule has 0 unspecified atom stereocenters. The minimum absolute atomic E-state index is 0.0145. The predicted octanol–water partition coefficient (Wildman–Crippen LogP) is 14.1. The number of fused-ring (bicyclic) bond motifs is 4. The molecule has 0 atom stereocenters. The zero-order valence-corrected chi connectivity index (χ0v) is 32.0. The molecule has 2 heteroatoms. The van der Waals surface area contributed by atoms with E-state index in [0.29, 0.717) is 11.5 Å². The lowest BCUT2D eigenvalue weighted by molar-refractivity contribution is 0.660. The summed E-state index contributed by atoms with van der Waals surface area (Å²) in [7, 11) is 0. The average molecular weight is 719 g/mol. The molecule has 1 aliphatic carbocycles. The van der Waals surface area contributed by atoms with Gasteiger partial charge in [0.1, 0.15) is 0 Å². The Labute approximate surface area is 329 Å². The van der Waals surface area contributed by atoms with Crippen molar-refractivity contribution in [2.75, 3.05) is 0 Å². The van der Waals surface area contributed by atoms with E-state index in [1.165, 1.54) is 55.3 Å². The lowest BCUT2D eigenvalue weighted by Crippen LogP contribution is -2.14. The van der Waals surface area contributed by atoms with E-state index in [-0.39, 0.29) is 5.41 Å². The van der Waals surface area contributed by atoms with Crippen molar-refractivity contribution >= 4 is 28.0 Å². The van der Waals surface area contributed by atoms with E-state index in [1.807, 2.05) is 55.5 Å². The predicted molar refractivity (Wildman–Crippen MR) is 238 cm³/mol. The van der Waals surface area contributed by atoms with Crippen molar-refractivity contribution in [1.82, 2.24) is 0 Å². The second kappa shape index (κ2) is 14.4. The molecule has 2 nitrogen and oxygen atoms in total. The van der Waals surface area contributed by atoms with Crippen molar-refractivity contribution in [3.63, 3.8) is 0 Å². The van der Waals surface area contributed by atoms with E-state index in [2.05, 4.69) is 160 Å². The summed E-state index contributed by atoms with van der Waals surface area (Å²) in [4.78, 5) is 9.97. The SMILES string of the molecule is C=C(/N=C(\N=C(/C)c1ccccc1)c1ccc(-c2ccc3ccc(-c4ccc(-c5ccc6c(c5)C(C)(C)c5ccccc5-6)cc4)cc3c2)cc1)c1ccccc1. The fourth-order valence-electron chi connectivity index (χ4n) is 8.04. The number of hydrogen-bond donors (Lipinski definition) is 0. The second-order valence-electron chi connectivity index (χ2n) is 15.2. The Kier molecular flexibility index (Phi) is 8.96. The minimum atomic E-state index is -0.0145. The summed E-state index contributed by atoms with van der Waals surface area (Å²) in [6.45, 7) is 11.0. The summed E-state index contributed by atoms with van der Waals surface area (Å²) in [5.74, 6) is 0.631. The van der Waals surface area contributed by atoms with E-state index >= 15 is 0 Å². The number of benzene rings is 8. The molecule has 0 radical (unpaired) electrons. The third-order valence-corrected chi connectivity index (χ3v) is 11.3. The lowest BCUT2D eigenvalue weighted by atomic mass is 9.81. The molecule has 0 aliphatic heterocycles. The van der Waals surface area contributed by atoms with Crippen molar-refractivity contribution in [3.05, 3.63) is 222 Å². The smallest absolute Gasteiger partial charge is 0.160 e. The van der Waals surface area contributed by atoms with Gasteiger partial charge in [-0.2, -0.15) is 0 Å². The number of nitrogens with zero attached hydrogens (tertiary/aromatic N) is 2. The lowest BCUT2D eigenvalue weighted by Gasteiger charge is -2.22. The first-order chi connectivity index (χ1) is 27.3. The van der Waals surface area contributed by atoms with E-state index in [4.69, 9.17) is 9.98 Å². The molecule has 0 N–H and O–H groups in total. The Balaban J connectivity index is 0.985. The third-order valence-electron chi connectivity index (χ3n) is 11.3. The van der Waals surface area contributed by atoms with Crippen LogP contribution in [0.3, 0.4) is 0 Å². The number of rotatable bonds is 7. The highest BCUT2D eigenvalue weighted by Gasteiger charge is 2.35. The van der Waals surface area contributed by atoms with Crippen molar-refractivity contribution in [2.24, 2.45) is 9.98 Å². The van der Waals surface area contributed by atoms with Crippen molar-refractivity contribution in [2.45, 2.75) is 26.2 Å². The van der Waals surface area contributed by atoms with E-state index in [0.717, 1.165) is 33.5 Å². The monoisotopic (exact) mass is 718 g/mol. The molecule has 0 saturated carbocycles. The van der Waals surface area contributed by atoms with E-state index in [1.54, 1.807) is 0 Å². The van der Waals surface area contributed by atoms with Gasteiger partial charge in [-0.1, -0.05) is 190 Å². The molecule has 0 amide bonds. The Hall–Kier alpha value is -6.90. The minimum Gasteiger partial charge on any atom is -0.233 e. The van der Waals surface area contributed by atoms with Crippen LogP contribution >= 0.6 is 0 Å². The first-order valence-corrected chi connectivity index (χ1v) is 19.3. The summed E-state index contributed by atoms with van der Waals surface area (Å²) in [6, 6.07) is 67.0. The maximum Gasteiger partial charge on any atom is 0.160 e. The largest absolute Gasteiger partial charge is 0.233 e. The molecule has 0 aromatic heterocycles. The second-order valence-corrected chi connectivity index (χ2v) is 15.2. The molecule has 56 heavy (non-hydrogen) atoms. The van der Waals surface area contributed by atoms with Crippen LogP contribution in [0.5, 0.6) is 0 Å². The van der Waals surface area contributed by atoms with Crippen molar-refractivity contribution < 1.29 is 0 Å². The molecule has 8 aromatic rings. The highest BCUT2D eigenvalue weighted by atomic mass is 14.9. The van der Waals surface area contributed by atoms with Gasteiger partial charge < -0.3 is 0 Å². The zero-order valence-electron chi connectivity index (χ0n) is 32.0. The molecular weight excluding hydrogens is 677 g/mol. The first kappa shape index (κ1) is 34.8. The third kappa shape index (κ3) is 6.61. The molecule has 1 aliphatic rings. The molecule has 9 rings (SSSR count). The number of amidine groups is 1. The van der Waals surface area contributed by atoms with Gasteiger partial charge in [0, 0.05) is 16.7 Å². The standard InChI is InChI=1S/C54H42N2/c1-36(38-13-7-5-8-14-38)55-53(56-37(2)39-15-9-6-10-16-39)44-27-23-41(24-28-44)46-30-26-43-25-29-45(33-48(43)34-46)40-19-21-42(22-20-40)47-31-32-50-49-17-11-12-18-51(49)54(3,4)52(50)35-47/h5-35H,1H2,2-4H3/b55-53-,56-37+. The van der Waals surface area contributed by atoms with Crippen molar-refractivity contribution in [3.8, 4) is 44.5 Å². The maximum absolute atomic E-state index is 5.02. The fraction of sp³-hybridized carbons (Fsp3) is 0.0741. The Morgan fingerprint density at radius 2 is 0.893 bits per heavy atom. The van der Waals surface area contributed by atoms with Crippen LogP contribution in [0.15, 0.2) is 205 Å². The molecule has 0 spiro atoms. The summed E-state index contributed by atoms with van der Waals surface area (Å²) >= 11 is 0. The molecule has 8 aromatic carbocycles. The van der Waals surface area contributed by atoms with E-state index < -0.39 is 0 Å². The zero-order chi connectivity index (χ0) is 38.2. The van der Waals surface area contributed by atoms with Crippen molar-refractivity contribution in [1.29, 1.82) is 0 Å². The van der Waals surface area contributed by atoms with Gasteiger partial charge >= 0.3 is 0 Å².